The molecule has 0 radical (unpaired) electrons. The molecule has 0 aliphatic heterocycles. The average molecular weight is 191 g/mol. The molecule has 0 saturated heterocycles. The van der Waals surface area contributed by atoms with Gasteiger partial charge in [0, 0.05) is 6.61 Å². The smallest absolute Gasteiger partial charge is 0.241 e. The van der Waals surface area contributed by atoms with Gasteiger partial charge in [-0.25, -0.2) is 0 Å². The summed E-state index contributed by atoms with van der Waals surface area (Å²) in [6.45, 7) is 4.41. The molecule has 1 atom stereocenters. The number of rotatable bonds is 4. The first kappa shape index (κ1) is 9.48. The monoisotopic (exact) mass is 190 g/mol. The zero-order chi connectivity index (χ0) is 8.97. The molecule has 1 aromatic rings. The standard InChI is InChI=1S/C7H11ClN2O2/c1-3-11-5(2)7-9-6(4-8)12-10-7/h5H,3-4H2,1-2H3/t5-/m0/s1. The molecule has 12 heavy (non-hydrogen) atoms. The minimum Gasteiger partial charge on any atom is -0.371 e. The lowest BCUT2D eigenvalue weighted by Gasteiger charge is -2.04. The number of aromatic nitrogens is 2. The molecule has 0 aromatic carbocycles. The van der Waals surface area contributed by atoms with Crippen LogP contribution in [0.3, 0.4) is 0 Å². The molecule has 1 rings (SSSR count). The number of ether oxygens (including phenoxy) is 1. The van der Waals surface area contributed by atoms with Gasteiger partial charge in [-0.1, -0.05) is 5.16 Å². The van der Waals surface area contributed by atoms with Crippen LogP contribution in [0.25, 0.3) is 0 Å². The van der Waals surface area contributed by atoms with Crippen molar-refractivity contribution in [3.05, 3.63) is 11.7 Å². The van der Waals surface area contributed by atoms with Gasteiger partial charge in [0.05, 0.1) is 0 Å². The molecule has 0 fully saturated rings. The first-order chi connectivity index (χ1) is 5.77. The second kappa shape index (κ2) is 4.42. The lowest BCUT2D eigenvalue weighted by atomic mass is 10.4. The van der Waals surface area contributed by atoms with Crippen LogP contribution in [0.4, 0.5) is 0 Å². The summed E-state index contributed by atoms with van der Waals surface area (Å²) in [4.78, 5) is 4.01. The van der Waals surface area contributed by atoms with Crippen LogP contribution in [-0.4, -0.2) is 16.7 Å². The molecule has 0 bridgehead atoms. The van der Waals surface area contributed by atoms with Crippen molar-refractivity contribution in [2.45, 2.75) is 25.8 Å². The van der Waals surface area contributed by atoms with Crippen molar-refractivity contribution >= 4 is 11.6 Å². The minimum absolute atomic E-state index is 0.129. The molecule has 5 heteroatoms. The number of halogens is 1. The maximum atomic E-state index is 5.48. The van der Waals surface area contributed by atoms with Gasteiger partial charge in [0.15, 0.2) is 5.82 Å². The van der Waals surface area contributed by atoms with E-state index in [0.717, 1.165) is 0 Å². The van der Waals surface area contributed by atoms with Crippen LogP contribution in [0.1, 0.15) is 31.7 Å². The van der Waals surface area contributed by atoms with Gasteiger partial charge >= 0.3 is 0 Å². The third-order valence-electron chi connectivity index (χ3n) is 1.38. The Bertz CT molecular complexity index is 239. The Morgan fingerprint density at radius 3 is 2.92 bits per heavy atom. The summed E-state index contributed by atoms with van der Waals surface area (Å²) < 4.78 is 10.1. The van der Waals surface area contributed by atoms with E-state index in [0.29, 0.717) is 18.3 Å². The molecule has 0 aliphatic carbocycles. The van der Waals surface area contributed by atoms with Gasteiger partial charge in [-0.15, -0.1) is 11.6 Å². The van der Waals surface area contributed by atoms with E-state index in [1.54, 1.807) is 0 Å². The zero-order valence-corrected chi connectivity index (χ0v) is 7.84. The highest BCUT2D eigenvalue weighted by Crippen LogP contribution is 2.13. The van der Waals surface area contributed by atoms with E-state index in [2.05, 4.69) is 10.1 Å². The first-order valence-electron chi connectivity index (χ1n) is 3.78. The molecular formula is C7H11ClN2O2. The topological polar surface area (TPSA) is 48.2 Å². The maximum Gasteiger partial charge on any atom is 0.241 e. The highest BCUT2D eigenvalue weighted by atomic mass is 35.5. The SMILES string of the molecule is CCO[C@@H](C)c1noc(CCl)n1. The van der Waals surface area contributed by atoms with E-state index < -0.39 is 0 Å². The van der Waals surface area contributed by atoms with Gasteiger partial charge in [-0.3, -0.25) is 0 Å². The molecule has 0 aliphatic rings. The van der Waals surface area contributed by atoms with Crippen LogP contribution < -0.4 is 0 Å². The van der Waals surface area contributed by atoms with E-state index in [4.69, 9.17) is 20.9 Å². The van der Waals surface area contributed by atoms with Crippen molar-refractivity contribution in [1.29, 1.82) is 0 Å². The quantitative estimate of drug-likeness (QED) is 0.681. The van der Waals surface area contributed by atoms with Gasteiger partial charge in [-0.05, 0) is 13.8 Å². The molecule has 0 N–H and O–H groups in total. The highest BCUT2D eigenvalue weighted by molar-refractivity contribution is 6.16. The molecular weight excluding hydrogens is 180 g/mol. The Balaban J connectivity index is 2.61. The van der Waals surface area contributed by atoms with Gasteiger partial charge in [-0.2, -0.15) is 4.98 Å². The van der Waals surface area contributed by atoms with Crippen LogP contribution >= 0.6 is 11.6 Å². The molecule has 1 heterocycles. The molecule has 0 saturated carbocycles. The van der Waals surface area contributed by atoms with E-state index >= 15 is 0 Å². The third kappa shape index (κ3) is 2.19. The fourth-order valence-corrected chi connectivity index (χ4v) is 0.921. The summed E-state index contributed by atoms with van der Waals surface area (Å²) >= 11 is 5.48. The fraction of sp³-hybridized carbons (Fsp3) is 0.714. The Morgan fingerprint density at radius 2 is 2.42 bits per heavy atom. The second-order valence-corrected chi connectivity index (χ2v) is 2.54. The van der Waals surface area contributed by atoms with Crippen LogP contribution in [0.5, 0.6) is 0 Å². The number of alkyl halides is 1. The summed E-state index contributed by atoms with van der Waals surface area (Å²) in [7, 11) is 0. The van der Waals surface area contributed by atoms with E-state index in [1.807, 2.05) is 13.8 Å². The molecule has 0 spiro atoms. The highest BCUT2D eigenvalue weighted by Gasteiger charge is 2.12. The largest absolute Gasteiger partial charge is 0.371 e. The first-order valence-corrected chi connectivity index (χ1v) is 4.31. The van der Waals surface area contributed by atoms with Crippen LogP contribution in [0.2, 0.25) is 0 Å². The lowest BCUT2D eigenvalue weighted by molar-refractivity contribution is 0.0683. The number of hydrogen-bond acceptors (Lipinski definition) is 4. The molecule has 0 amide bonds. The van der Waals surface area contributed by atoms with Crippen molar-refractivity contribution in [1.82, 2.24) is 10.1 Å². The van der Waals surface area contributed by atoms with E-state index in [1.165, 1.54) is 0 Å². The van der Waals surface area contributed by atoms with Gasteiger partial charge in [0.1, 0.15) is 12.0 Å². The molecule has 1 aromatic heterocycles. The Labute approximate surface area is 75.9 Å². The third-order valence-corrected chi connectivity index (χ3v) is 1.61. The van der Waals surface area contributed by atoms with Crippen molar-refractivity contribution < 1.29 is 9.26 Å². The predicted molar refractivity (Wildman–Crippen MR) is 43.9 cm³/mol. The Morgan fingerprint density at radius 1 is 1.67 bits per heavy atom. The number of hydrogen-bond donors (Lipinski definition) is 0. The zero-order valence-electron chi connectivity index (χ0n) is 7.08. The van der Waals surface area contributed by atoms with Crippen molar-refractivity contribution in [2.24, 2.45) is 0 Å². The summed E-state index contributed by atoms with van der Waals surface area (Å²) in [6.07, 6.45) is -0.129. The normalized spacial score (nSPS) is 13.2. The van der Waals surface area contributed by atoms with E-state index in [9.17, 15) is 0 Å². The molecule has 4 nitrogen and oxygen atoms in total. The molecule has 0 unspecified atom stereocenters. The summed E-state index contributed by atoms with van der Waals surface area (Å²) in [5.74, 6) is 1.22. The van der Waals surface area contributed by atoms with Crippen molar-refractivity contribution in [3.63, 3.8) is 0 Å². The van der Waals surface area contributed by atoms with Crippen LogP contribution in [-0.2, 0) is 10.6 Å². The second-order valence-electron chi connectivity index (χ2n) is 2.28. The van der Waals surface area contributed by atoms with Crippen molar-refractivity contribution in [3.8, 4) is 0 Å². The number of nitrogens with zero attached hydrogens (tertiary/aromatic N) is 2. The van der Waals surface area contributed by atoms with Gasteiger partial charge in [0.25, 0.3) is 0 Å². The Kier molecular flexibility index (Phi) is 3.49. The van der Waals surface area contributed by atoms with Crippen LogP contribution in [0, 0.1) is 0 Å². The summed E-state index contributed by atoms with van der Waals surface area (Å²) in [5.41, 5.74) is 0. The fourth-order valence-electron chi connectivity index (χ4n) is 0.812. The minimum atomic E-state index is -0.129. The Hall–Kier alpha value is -0.610. The van der Waals surface area contributed by atoms with Crippen LogP contribution in [0.15, 0.2) is 4.52 Å². The summed E-state index contributed by atoms with van der Waals surface area (Å²) in [5, 5.41) is 3.71. The predicted octanol–water partition coefficient (Wildman–Crippen LogP) is 1.91. The molecule has 68 valence electrons. The lowest BCUT2D eigenvalue weighted by Crippen LogP contribution is -2.01. The average Bonchev–Trinajstić information content (AvgIpc) is 2.52. The summed E-state index contributed by atoms with van der Waals surface area (Å²) in [6, 6.07) is 0. The van der Waals surface area contributed by atoms with Gasteiger partial charge < -0.3 is 9.26 Å². The van der Waals surface area contributed by atoms with Gasteiger partial charge in [0.2, 0.25) is 5.89 Å². The maximum absolute atomic E-state index is 5.48. The van der Waals surface area contributed by atoms with Crippen molar-refractivity contribution in [2.75, 3.05) is 6.61 Å². The van der Waals surface area contributed by atoms with E-state index in [-0.39, 0.29) is 12.0 Å².